The normalized spacial score (nSPS) is 17.6. The number of imidazole rings is 1. The molecule has 1 fully saturated rings. The Labute approximate surface area is 160 Å². The fourth-order valence-electron chi connectivity index (χ4n) is 3.38. The molecule has 6 nitrogen and oxygen atoms in total. The van der Waals surface area contributed by atoms with Crippen molar-refractivity contribution in [2.75, 3.05) is 13.1 Å². The maximum atomic E-state index is 12.6. The van der Waals surface area contributed by atoms with E-state index in [9.17, 15) is 9.59 Å². The van der Waals surface area contributed by atoms with E-state index in [-0.39, 0.29) is 17.7 Å². The van der Waals surface area contributed by atoms with Gasteiger partial charge in [0.25, 0.3) is 0 Å². The van der Waals surface area contributed by atoms with Crippen LogP contribution in [0.25, 0.3) is 11.3 Å². The molecule has 1 aliphatic heterocycles. The third kappa shape index (κ3) is 4.76. The van der Waals surface area contributed by atoms with Crippen LogP contribution in [0.1, 0.15) is 39.4 Å². The van der Waals surface area contributed by atoms with E-state index in [1.54, 1.807) is 6.20 Å². The molecule has 2 heterocycles. The van der Waals surface area contributed by atoms with Crippen molar-refractivity contribution in [3.8, 4) is 11.3 Å². The molecule has 2 amide bonds. The first-order valence-corrected chi connectivity index (χ1v) is 9.51. The Hall–Kier alpha value is -2.63. The van der Waals surface area contributed by atoms with Crippen LogP contribution in [0.5, 0.6) is 0 Å². The van der Waals surface area contributed by atoms with Crippen LogP contribution >= 0.6 is 0 Å². The molecule has 1 atom stereocenters. The van der Waals surface area contributed by atoms with Crippen LogP contribution in [0.3, 0.4) is 0 Å². The van der Waals surface area contributed by atoms with Crippen molar-refractivity contribution in [3.05, 3.63) is 42.4 Å². The smallest absolute Gasteiger partial charge is 0.227 e. The van der Waals surface area contributed by atoms with E-state index < -0.39 is 5.41 Å². The summed E-state index contributed by atoms with van der Waals surface area (Å²) in [7, 11) is 0. The number of likely N-dealkylation sites (tertiary alicyclic amines) is 1. The van der Waals surface area contributed by atoms with Gasteiger partial charge in [-0.1, -0.05) is 51.1 Å². The summed E-state index contributed by atoms with van der Waals surface area (Å²) in [5, 5.41) is 2.96. The minimum atomic E-state index is -0.416. The zero-order valence-corrected chi connectivity index (χ0v) is 16.3. The molecule has 1 aromatic heterocycles. The van der Waals surface area contributed by atoms with Gasteiger partial charge in [0, 0.05) is 18.5 Å². The first-order valence-electron chi connectivity index (χ1n) is 9.51. The highest BCUT2D eigenvalue weighted by Crippen LogP contribution is 2.23. The molecule has 0 spiro atoms. The molecule has 3 rings (SSSR count). The number of rotatable bonds is 4. The van der Waals surface area contributed by atoms with E-state index in [0.717, 1.165) is 36.5 Å². The second-order valence-electron chi connectivity index (χ2n) is 8.17. The zero-order chi connectivity index (χ0) is 19.4. The summed E-state index contributed by atoms with van der Waals surface area (Å²) >= 11 is 0. The van der Waals surface area contributed by atoms with Gasteiger partial charge in [-0.3, -0.25) is 9.59 Å². The van der Waals surface area contributed by atoms with E-state index in [1.807, 2.05) is 56.0 Å². The number of carbonyl (C=O) groups is 2. The Kier molecular flexibility index (Phi) is 5.63. The standard InChI is InChI=1S/C21H28N4O2/c1-21(2,3)20(27)25-11-7-10-16(14-25)19(26)23-13-18-22-12-17(24-18)15-8-5-4-6-9-15/h4-6,8-9,12,16H,7,10-11,13-14H2,1-3H3,(H,22,24)(H,23,26). The molecule has 1 saturated heterocycles. The number of piperidine rings is 1. The summed E-state index contributed by atoms with van der Waals surface area (Å²) in [5.74, 6) is 0.659. The summed E-state index contributed by atoms with van der Waals surface area (Å²) in [6.07, 6.45) is 3.45. The van der Waals surface area contributed by atoms with E-state index in [2.05, 4.69) is 15.3 Å². The Balaban J connectivity index is 1.55. The molecular weight excluding hydrogens is 340 g/mol. The highest BCUT2D eigenvalue weighted by Gasteiger charge is 2.33. The lowest BCUT2D eigenvalue weighted by molar-refractivity contribution is -0.142. The maximum absolute atomic E-state index is 12.6. The number of nitrogens with one attached hydrogen (secondary N) is 2. The van der Waals surface area contributed by atoms with Crippen LogP contribution in [-0.2, 0) is 16.1 Å². The third-order valence-electron chi connectivity index (χ3n) is 4.86. The summed E-state index contributed by atoms with van der Waals surface area (Å²) in [6, 6.07) is 9.95. The molecule has 144 valence electrons. The monoisotopic (exact) mass is 368 g/mol. The number of amides is 2. The van der Waals surface area contributed by atoms with Gasteiger partial charge in [0.2, 0.25) is 11.8 Å². The minimum absolute atomic E-state index is 0.0147. The molecule has 6 heteroatoms. The molecule has 0 bridgehead atoms. The highest BCUT2D eigenvalue weighted by atomic mass is 16.2. The Bertz CT molecular complexity index is 792. The number of carbonyl (C=O) groups excluding carboxylic acids is 2. The van der Waals surface area contributed by atoms with Crippen LogP contribution < -0.4 is 5.32 Å². The molecule has 1 aliphatic rings. The molecule has 2 N–H and O–H groups in total. The number of hydrogen-bond acceptors (Lipinski definition) is 3. The van der Waals surface area contributed by atoms with Crippen molar-refractivity contribution in [1.82, 2.24) is 20.2 Å². The predicted octanol–water partition coefficient (Wildman–Crippen LogP) is 2.98. The molecule has 0 aliphatic carbocycles. The van der Waals surface area contributed by atoms with E-state index in [0.29, 0.717) is 13.1 Å². The van der Waals surface area contributed by atoms with Crippen molar-refractivity contribution < 1.29 is 9.59 Å². The van der Waals surface area contributed by atoms with Crippen molar-refractivity contribution in [3.63, 3.8) is 0 Å². The van der Waals surface area contributed by atoms with Crippen LogP contribution in [0.15, 0.2) is 36.5 Å². The van der Waals surface area contributed by atoms with Crippen molar-refractivity contribution in [2.24, 2.45) is 11.3 Å². The fourth-order valence-corrected chi connectivity index (χ4v) is 3.38. The summed E-state index contributed by atoms with van der Waals surface area (Å²) < 4.78 is 0. The topological polar surface area (TPSA) is 78.1 Å². The van der Waals surface area contributed by atoms with Crippen molar-refractivity contribution >= 4 is 11.8 Å². The van der Waals surface area contributed by atoms with E-state index in [1.165, 1.54) is 0 Å². The second-order valence-corrected chi connectivity index (χ2v) is 8.17. The first-order chi connectivity index (χ1) is 12.8. The third-order valence-corrected chi connectivity index (χ3v) is 4.86. The van der Waals surface area contributed by atoms with Gasteiger partial charge in [0.05, 0.1) is 24.4 Å². The Morgan fingerprint density at radius 3 is 2.70 bits per heavy atom. The number of H-pyrrole nitrogens is 1. The van der Waals surface area contributed by atoms with Crippen molar-refractivity contribution in [1.29, 1.82) is 0 Å². The van der Waals surface area contributed by atoms with Gasteiger partial charge < -0.3 is 15.2 Å². The SMILES string of the molecule is CC(C)(C)C(=O)N1CCCC(C(=O)NCc2ncc(-c3ccccc3)[nH]2)C1. The lowest BCUT2D eigenvalue weighted by Gasteiger charge is -2.35. The molecule has 2 aromatic rings. The number of aromatic amines is 1. The molecule has 1 unspecified atom stereocenters. The minimum Gasteiger partial charge on any atom is -0.349 e. The number of benzene rings is 1. The van der Waals surface area contributed by atoms with Crippen LogP contribution in [-0.4, -0.2) is 39.8 Å². The predicted molar refractivity (Wildman–Crippen MR) is 105 cm³/mol. The van der Waals surface area contributed by atoms with Gasteiger partial charge >= 0.3 is 0 Å². The number of aromatic nitrogens is 2. The quantitative estimate of drug-likeness (QED) is 0.871. The van der Waals surface area contributed by atoms with Crippen LogP contribution in [0, 0.1) is 11.3 Å². The molecule has 0 saturated carbocycles. The average molecular weight is 368 g/mol. The molecular formula is C21H28N4O2. The van der Waals surface area contributed by atoms with Gasteiger partial charge in [-0.15, -0.1) is 0 Å². The zero-order valence-electron chi connectivity index (χ0n) is 16.3. The summed E-state index contributed by atoms with van der Waals surface area (Å²) in [4.78, 5) is 34.5. The summed E-state index contributed by atoms with van der Waals surface area (Å²) in [5.41, 5.74) is 1.58. The number of hydrogen-bond donors (Lipinski definition) is 2. The Morgan fingerprint density at radius 1 is 1.26 bits per heavy atom. The van der Waals surface area contributed by atoms with E-state index >= 15 is 0 Å². The lowest BCUT2D eigenvalue weighted by Crippen LogP contribution is -2.48. The fraction of sp³-hybridized carbons (Fsp3) is 0.476. The van der Waals surface area contributed by atoms with Gasteiger partial charge in [0.15, 0.2) is 0 Å². The molecule has 27 heavy (non-hydrogen) atoms. The largest absolute Gasteiger partial charge is 0.349 e. The van der Waals surface area contributed by atoms with Crippen LogP contribution in [0.4, 0.5) is 0 Å². The second kappa shape index (κ2) is 7.94. The van der Waals surface area contributed by atoms with Crippen LogP contribution in [0.2, 0.25) is 0 Å². The maximum Gasteiger partial charge on any atom is 0.227 e. The van der Waals surface area contributed by atoms with Gasteiger partial charge in [0.1, 0.15) is 5.82 Å². The average Bonchev–Trinajstić information content (AvgIpc) is 3.14. The van der Waals surface area contributed by atoms with Gasteiger partial charge in [-0.2, -0.15) is 0 Å². The molecule has 0 radical (unpaired) electrons. The van der Waals surface area contributed by atoms with Gasteiger partial charge in [-0.25, -0.2) is 4.98 Å². The molecule has 1 aromatic carbocycles. The first kappa shape index (κ1) is 19.1. The van der Waals surface area contributed by atoms with Crippen molar-refractivity contribution in [2.45, 2.75) is 40.2 Å². The lowest BCUT2D eigenvalue weighted by atomic mass is 9.91. The van der Waals surface area contributed by atoms with Gasteiger partial charge in [-0.05, 0) is 18.4 Å². The highest BCUT2D eigenvalue weighted by molar-refractivity contribution is 5.83. The number of nitrogens with zero attached hydrogens (tertiary/aromatic N) is 2. The van der Waals surface area contributed by atoms with E-state index in [4.69, 9.17) is 0 Å². The summed E-state index contributed by atoms with van der Waals surface area (Å²) in [6.45, 7) is 7.34. The Morgan fingerprint density at radius 2 is 2.00 bits per heavy atom.